The molecule has 1 aromatic heterocycles. The highest BCUT2D eigenvalue weighted by Gasteiger charge is 2.21. The Bertz CT molecular complexity index is 1830. The second-order valence-electron chi connectivity index (χ2n) is 9.12. The summed E-state index contributed by atoms with van der Waals surface area (Å²) in [5.41, 5.74) is 5.17. The molecule has 1 amide bonds. The zero-order chi connectivity index (χ0) is 30.5. The largest absolute Gasteiger partial charge is 0.493 e. The molecule has 0 aliphatic carbocycles. The van der Waals surface area contributed by atoms with Crippen LogP contribution in [-0.4, -0.2) is 44.4 Å². The fourth-order valence-corrected chi connectivity index (χ4v) is 4.91. The van der Waals surface area contributed by atoms with E-state index in [1.165, 1.54) is 51.8 Å². The lowest BCUT2D eigenvalue weighted by Gasteiger charge is -2.14. The molecule has 9 nitrogen and oxygen atoms in total. The van der Waals surface area contributed by atoms with Gasteiger partial charge in [-0.25, -0.2) is 14.6 Å². The number of aromatic amines is 1. The monoisotopic (exact) mass is 645 g/mol. The summed E-state index contributed by atoms with van der Waals surface area (Å²) in [6, 6.07) is 21.4. The normalized spacial score (nSPS) is 11.0. The summed E-state index contributed by atoms with van der Waals surface area (Å²) in [5, 5.41) is 4.68. The van der Waals surface area contributed by atoms with Crippen molar-refractivity contribution in [3.8, 4) is 34.1 Å². The van der Waals surface area contributed by atoms with Gasteiger partial charge in [0.1, 0.15) is 17.3 Å². The average Bonchev–Trinajstić information content (AvgIpc) is 3.40. The topological polar surface area (TPSA) is 111 Å². The number of carbonyl (C=O) groups is 2. The third kappa shape index (κ3) is 6.21. The van der Waals surface area contributed by atoms with Crippen LogP contribution in [-0.2, 0) is 0 Å². The number of H-pyrrole nitrogens is 1. The van der Waals surface area contributed by atoms with Gasteiger partial charge < -0.3 is 23.9 Å². The van der Waals surface area contributed by atoms with E-state index in [1.807, 2.05) is 30.3 Å². The molecule has 0 aliphatic heterocycles. The molecule has 0 radical (unpaired) electrons. The van der Waals surface area contributed by atoms with E-state index in [2.05, 4.69) is 31.4 Å². The summed E-state index contributed by atoms with van der Waals surface area (Å²) in [7, 11) is 4.35. The number of methoxy groups -OCH3 is 3. The van der Waals surface area contributed by atoms with Crippen molar-refractivity contribution in [1.29, 1.82) is 0 Å². The van der Waals surface area contributed by atoms with Crippen molar-refractivity contribution >= 4 is 44.9 Å². The summed E-state index contributed by atoms with van der Waals surface area (Å²) >= 11 is 3.41. The number of hydrogen-bond donors (Lipinski definition) is 2. The van der Waals surface area contributed by atoms with Gasteiger partial charge in [0.15, 0.2) is 11.5 Å². The molecule has 0 bridgehead atoms. The molecule has 0 unspecified atom stereocenters. The van der Waals surface area contributed by atoms with Crippen LogP contribution in [0.1, 0.15) is 26.4 Å². The Morgan fingerprint density at radius 2 is 1.60 bits per heavy atom. The standard InChI is InChI=1S/C32H25BrFN3O6/c1-40-26-14-19(15-27(41-2)30(26)42-3)32(39)43-25-12-9-21(33)13-20(25)17-35-37-31(38)29-28(18-7-5-4-6-8-18)23-16-22(34)10-11-24(23)36-29/h4-17,36H,1-3H3,(H,37,38). The molecule has 11 heteroatoms. The Kier molecular flexibility index (Phi) is 8.72. The van der Waals surface area contributed by atoms with Crippen molar-refractivity contribution in [2.24, 2.45) is 5.10 Å². The fraction of sp³-hybridized carbons (Fsp3) is 0.0938. The predicted octanol–water partition coefficient (Wildman–Crippen LogP) is 6.75. The van der Waals surface area contributed by atoms with Crippen LogP contribution in [0.3, 0.4) is 0 Å². The lowest BCUT2D eigenvalue weighted by Crippen LogP contribution is -2.19. The van der Waals surface area contributed by atoms with Crippen LogP contribution in [0.4, 0.5) is 4.39 Å². The number of hydrazone groups is 1. The first kappa shape index (κ1) is 29.3. The number of benzene rings is 4. The van der Waals surface area contributed by atoms with Crippen molar-refractivity contribution in [3.05, 3.63) is 106 Å². The van der Waals surface area contributed by atoms with Gasteiger partial charge >= 0.3 is 5.97 Å². The second-order valence-corrected chi connectivity index (χ2v) is 10.0. The molecule has 0 aliphatic rings. The van der Waals surface area contributed by atoms with Crippen molar-refractivity contribution in [2.45, 2.75) is 0 Å². The lowest BCUT2D eigenvalue weighted by atomic mass is 10.0. The zero-order valence-corrected chi connectivity index (χ0v) is 24.8. The molecule has 0 atom stereocenters. The molecule has 5 rings (SSSR count). The fourth-order valence-electron chi connectivity index (χ4n) is 4.53. The second kappa shape index (κ2) is 12.8. The summed E-state index contributed by atoms with van der Waals surface area (Å²) in [6.45, 7) is 0. The van der Waals surface area contributed by atoms with E-state index in [-0.39, 0.29) is 17.0 Å². The van der Waals surface area contributed by atoms with Gasteiger partial charge in [0, 0.05) is 26.5 Å². The van der Waals surface area contributed by atoms with Gasteiger partial charge in [-0.3, -0.25) is 4.79 Å². The minimum atomic E-state index is -0.682. The average molecular weight is 646 g/mol. The first-order valence-electron chi connectivity index (χ1n) is 12.8. The number of nitrogens with zero attached hydrogens (tertiary/aromatic N) is 1. The highest BCUT2D eigenvalue weighted by Crippen LogP contribution is 2.38. The van der Waals surface area contributed by atoms with Crippen LogP contribution >= 0.6 is 15.9 Å². The van der Waals surface area contributed by atoms with Crippen LogP contribution in [0.25, 0.3) is 22.0 Å². The highest BCUT2D eigenvalue weighted by molar-refractivity contribution is 9.10. The molecule has 1 heterocycles. The van der Waals surface area contributed by atoms with Crippen LogP contribution in [0.15, 0.2) is 88.4 Å². The highest BCUT2D eigenvalue weighted by atomic mass is 79.9. The Hall–Kier alpha value is -5.16. The number of esters is 1. The van der Waals surface area contributed by atoms with Crippen molar-refractivity contribution in [3.63, 3.8) is 0 Å². The molecule has 218 valence electrons. The molecule has 0 saturated carbocycles. The summed E-state index contributed by atoms with van der Waals surface area (Å²) in [5.74, 6) is -0.532. The van der Waals surface area contributed by atoms with Crippen LogP contribution in [0.2, 0.25) is 0 Å². The van der Waals surface area contributed by atoms with Gasteiger partial charge in [0.25, 0.3) is 5.91 Å². The summed E-state index contributed by atoms with van der Waals surface area (Å²) in [4.78, 5) is 29.5. The maximum atomic E-state index is 14.1. The first-order valence-corrected chi connectivity index (χ1v) is 13.6. The van der Waals surface area contributed by atoms with Crippen molar-refractivity contribution in [1.82, 2.24) is 10.4 Å². The smallest absolute Gasteiger partial charge is 0.343 e. The van der Waals surface area contributed by atoms with E-state index < -0.39 is 17.7 Å². The number of hydrogen-bond acceptors (Lipinski definition) is 7. The molecule has 0 fully saturated rings. The van der Waals surface area contributed by atoms with Gasteiger partial charge in [-0.1, -0.05) is 46.3 Å². The molecular formula is C32H25BrFN3O6. The van der Waals surface area contributed by atoms with Gasteiger partial charge in [-0.05, 0) is 54.1 Å². The van der Waals surface area contributed by atoms with E-state index in [0.717, 1.165) is 5.56 Å². The van der Waals surface area contributed by atoms with E-state index >= 15 is 0 Å². The molecule has 4 aromatic carbocycles. The van der Waals surface area contributed by atoms with Crippen LogP contribution < -0.4 is 24.4 Å². The number of rotatable bonds is 9. The third-order valence-corrected chi connectivity index (χ3v) is 6.99. The van der Waals surface area contributed by atoms with Crippen molar-refractivity contribution in [2.75, 3.05) is 21.3 Å². The molecule has 43 heavy (non-hydrogen) atoms. The Morgan fingerprint density at radius 1 is 0.884 bits per heavy atom. The molecule has 5 aromatic rings. The number of nitrogens with one attached hydrogen (secondary N) is 2. The SMILES string of the molecule is COc1cc(C(=O)Oc2ccc(Br)cc2C=NNC(=O)c2[nH]c3ccc(F)cc3c2-c2ccccc2)cc(OC)c1OC. The van der Waals surface area contributed by atoms with E-state index in [4.69, 9.17) is 18.9 Å². The number of halogens is 2. The molecular weight excluding hydrogens is 621 g/mol. The van der Waals surface area contributed by atoms with Crippen LogP contribution in [0.5, 0.6) is 23.0 Å². The minimum Gasteiger partial charge on any atom is -0.493 e. The minimum absolute atomic E-state index is 0.164. The number of carbonyl (C=O) groups excluding carboxylic acids is 2. The lowest BCUT2D eigenvalue weighted by molar-refractivity contribution is 0.0733. The maximum Gasteiger partial charge on any atom is 0.343 e. The van der Waals surface area contributed by atoms with Gasteiger partial charge in [0.2, 0.25) is 5.75 Å². The number of fused-ring (bicyclic) bond motifs is 1. The number of aromatic nitrogens is 1. The Balaban J connectivity index is 1.41. The molecule has 0 saturated heterocycles. The van der Waals surface area contributed by atoms with Gasteiger partial charge in [0.05, 0.1) is 33.1 Å². The third-order valence-electron chi connectivity index (χ3n) is 6.49. The van der Waals surface area contributed by atoms with E-state index in [9.17, 15) is 14.0 Å². The zero-order valence-electron chi connectivity index (χ0n) is 23.2. The number of ether oxygens (including phenoxy) is 4. The summed E-state index contributed by atoms with van der Waals surface area (Å²) < 4.78 is 36.5. The summed E-state index contributed by atoms with van der Waals surface area (Å²) in [6.07, 6.45) is 1.35. The first-order chi connectivity index (χ1) is 20.8. The Morgan fingerprint density at radius 3 is 2.28 bits per heavy atom. The Labute approximate surface area is 254 Å². The van der Waals surface area contributed by atoms with Gasteiger partial charge in [-0.15, -0.1) is 0 Å². The molecule has 2 N–H and O–H groups in total. The predicted molar refractivity (Wildman–Crippen MR) is 164 cm³/mol. The van der Waals surface area contributed by atoms with Gasteiger partial charge in [-0.2, -0.15) is 5.10 Å². The number of amides is 1. The van der Waals surface area contributed by atoms with E-state index in [0.29, 0.717) is 43.8 Å². The van der Waals surface area contributed by atoms with Crippen LogP contribution in [0, 0.1) is 5.82 Å². The maximum absolute atomic E-state index is 14.1. The van der Waals surface area contributed by atoms with E-state index in [1.54, 1.807) is 24.3 Å². The quantitative estimate of drug-likeness (QED) is 0.0794. The molecule has 0 spiro atoms. The van der Waals surface area contributed by atoms with Crippen molar-refractivity contribution < 1.29 is 32.9 Å².